The van der Waals surface area contributed by atoms with Gasteiger partial charge in [0.25, 0.3) is 0 Å². The summed E-state index contributed by atoms with van der Waals surface area (Å²) in [6, 6.07) is 4.47. The molecule has 17 heavy (non-hydrogen) atoms. The number of anilines is 1. The molecule has 2 rings (SSSR count). The third-order valence-electron chi connectivity index (χ3n) is 2.13. The number of hydrogen-bond donors (Lipinski definition) is 1. The van der Waals surface area contributed by atoms with Gasteiger partial charge in [0.1, 0.15) is 5.82 Å². The Labute approximate surface area is 108 Å². The Morgan fingerprint density at radius 3 is 3.00 bits per heavy atom. The lowest BCUT2D eigenvalue weighted by Crippen LogP contribution is -1.98. The van der Waals surface area contributed by atoms with E-state index in [1.54, 1.807) is 6.07 Å². The number of nitrogens with one attached hydrogen (secondary N) is 1. The van der Waals surface area contributed by atoms with Crippen LogP contribution in [0.4, 0.5) is 9.52 Å². The van der Waals surface area contributed by atoms with Crippen molar-refractivity contribution in [2.75, 3.05) is 11.9 Å². The number of rotatable bonds is 4. The van der Waals surface area contributed by atoms with Crippen molar-refractivity contribution < 1.29 is 4.39 Å². The van der Waals surface area contributed by atoms with Gasteiger partial charge in [-0.2, -0.15) is 9.36 Å². The van der Waals surface area contributed by atoms with Crippen LogP contribution in [0.15, 0.2) is 18.2 Å². The number of halogens is 2. The standard InChI is InChI=1S/C11H11ClFN3S/c1-2-5-14-11-15-10(16-17-11)7-3-4-9(13)8(12)6-7/h3-4,6H,2,5H2,1H3,(H,14,15,16). The minimum atomic E-state index is -0.435. The molecule has 0 bridgehead atoms. The van der Waals surface area contributed by atoms with E-state index >= 15 is 0 Å². The first-order valence-electron chi connectivity index (χ1n) is 5.23. The van der Waals surface area contributed by atoms with Crippen molar-refractivity contribution in [2.24, 2.45) is 0 Å². The van der Waals surface area contributed by atoms with Crippen molar-refractivity contribution in [2.45, 2.75) is 13.3 Å². The first-order chi connectivity index (χ1) is 8.20. The zero-order valence-corrected chi connectivity index (χ0v) is 10.8. The van der Waals surface area contributed by atoms with Gasteiger partial charge in [-0.25, -0.2) is 4.39 Å². The minimum absolute atomic E-state index is 0.0837. The molecule has 0 amide bonds. The normalized spacial score (nSPS) is 10.5. The second-order valence-corrected chi connectivity index (χ2v) is 4.64. The molecule has 1 N–H and O–H groups in total. The Bertz CT molecular complexity index is 515. The highest BCUT2D eigenvalue weighted by Gasteiger charge is 2.08. The molecule has 0 aliphatic carbocycles. The van der Waals surface area contributed by atoms with Gasteiger partial charge in [-0.1, -0.05) is 18.5 Å². The van der Waals surface area contributed by atoms with Gasteiger partial charge >= 0.3 is 0 Å². The van der Waals surface area contributed by atoms with Crippen LogP contribution in [0.5, 0.6) is 0 Å². The van der Waals surface area contributed by atoms with E-state index in [1.807, 2.05) is 0 Å². The van der Waals surface area contributed by atoms with Gasteiger partial charge in [-0.15, -0.1) is 0 Å². The van der Waals surface area contributed by atoms with Gasteiger partial charge in [0.05, 0.1) is 5.02 Å². The van der Waals surface area contributed by atoms with Gasteiger partial charge in [-0.3, -0.25) is 0 Å². The summed E-state index contributed by atoms with van der Waals surface area (Å²) in [4.78, 5) is 4.30. The van der Waals surface area contributed by atoms with Crippen LogP contribution in [0.3, 0.4) is 0 Å². The molecule has 2 aromatic rings. The van der Waals surface area contributed by atoms with Crippen LogP contribution in [0.25, 0.3) is 11.4 Å². The zero-order valence-electron chi connectivity index (χ0n) is 9.20. The van der Waals surface area contributed by atoms with Crippen molar-refractivity contribution >= 4 is 28.3 Å². The predicted octanol–water partition coefficient (Wildman–Crippen LogP) is 3.82. The van der Waals surface area contributed by atoms with E-state index in [4.69, 9.17) is 11.6 Å². The highest BCUT2D eigenvalue weighted by molar-refractivity contribution is 7.09. The van der Waals surface area contributed by atoms with Crippen LogP contribution in [-0.4, -0.2) is 15.9 Å². The Morgan fingerprint density at radius 2 is 2.29 bits per heavy atom. The molecule has 0 aliphatic rings. The second-order valence-electron chi connectivity index (χ2n) is 3.48. The van der Waals surface area contributed by atoms with Crippen LogP contribution < -0.4 is 5.32 Å². The number of aromatic nitrogens is 2. The van der Waals surface area contributed by atoms with E-state index < -0.39 is 5.82 Å². The summed E-state index contributed by atoms with van der Waals surface area (Å²) >= 11 is 7.00. The average Bonchev–Trinajstić information content (AvgIpc) is 2.79. The lowest BCUT2D eigenvalue weighted by molar-refractivity contribution is 0.628. The Morgan fingerprint density at radius 1 is 1.47 bits per heavy atom. The molecule has 0 fully saturated rings. The number of hydrogen-bond acceptors (Lipinski definition) is 4. The lowest BCUT2D eigenvalue weighted by Gasteiger charge is -1.98. The average molecular weight is 272 g/mol. The smallest absolute Gasteiger partial charge is 0.202 e. The summed E-state index contributed by atoms with van der Waals surface area (Å²) in [5.74, 6) is 0.130. The molecule has 1 heterocycles. The highest BCUT2D eigenvalue weighted by atomic mass is 35.5. The van der Waals surface area contributed by atoms with E-state index in [1.165, 1.54) is 23.7 Å². The summed E-state index contributed by atoms with van der Waals surface area (Å²) in [7, 11) is 0. The fourth-order valence-electron chi connectivity index (χ4n) is 1.28. The molecule has 0 aliphatic heterocycles. The summed E-state index contributed by atoms with van der Waals surface area (Å²) in [5, 5.41) is 4.00. The van der Waals surface area contributed by atoms with Crippen LogP contribution in [0, 0.1) is 5.82 Å². The molecule has 6 heteroatoms. The van der Waals surface area contributed by atoms with E-state index in [-0.39, 0.29) is 5.02 Å². The number of benzene rings is 1. The quantitative estimate of drug-likeness (QED) is 0.919. The van der Waals surface area contributed by atoms with Crippen LogP contribution >= 0.6 is 23.1 Å². The third-order valence-corrected chi connectivity index (χ3v) is 3.09. The molecular formula is C11H11ClFN3S. The van der Waals surface area contributed by atoms with Crippen molar-refractivity contribution in [1.82, 2.24) is 9.36 Å². The first-order valence-corrected chi connectivity index (χ1v) is 6.39. The molecule has 1 aromatic carbocycles. The van der Waals surface area contributed by atoms with E-state index in [9.17, 15) is 4.39 Å². The van der Waals surface area contributed by atoms with E-state index in [2.05, 4.69) is 21.6 Å². The van der Waals surface area contributed by atoms with Gasteiger partial charge in [0.15, 0.2) is 5.82 Å². The molecule has 0 radical (unpaired) electrons. The highest BCUT2D eigenvalue weighted by Crippen LogP contribution is 2.25. The Balaban J connectivity index is 2.21. The molecule has 0 saturated heterocycles. The van der Waals surface area contributed by atoms with Crippen molar-refractivity contribution in [3.8, 4) is 11.4 Å². The topological polar surface area (TPSA) is 37.8 Å². The van der Waals surface area contributed by atoms with Crippen LogP contribution in [0.2, 0.25) is 5.02 Å². The first kappa shape index (κ1) is 12.3. The molecule has 0 unspecified atom stereocenters. The summed E-state index contributed by atoms with van der Waals surface area (Å²) in [5.41, 5.74) is 0.720. The molecule has 3 nitrogen and oxygen atoms in total. The SMILES string of the molecule is CCCNc1nc(-c2ccc(F)c(Cl)c2)ns1. The van der Waals surface area contributed by atoms with Crippen molar-refractivity contribution in [3.05, 3.63) is 29.0 Å². The fourth-order valence-corrected chi connectivity index (χ4v) is 2.07. The molecular weight excluding hydrogens is 261 g/mol. The predicted molar refractivity (Wildman–Crippen MR) is 69.1 cm³/mol. The van der Waals surface area contributed by atoms with Gasteiger partial charge < -0.3 is 5.32 Å². The zero-order chi connectivity index (χ0) is 12.3. The molecule has 0 atom stereocenters. The maximum atomic E-state index is 13.0. The molecule has 0 spiro atoms. The Kier molecular flexibility index (Phi) is 3.91. The number of nitrogens with zero attached hydrogens (tertiary/aromatic N) is 2. The van der Waals surface area contributed by atoms with Gasteiger partial charge in [-0.05, 0) is 24.6 Å². The fraction of sp³-hybridized carbons (Fsp3) is 0.273. The van der Waals surface area contributed by atoms with Crippen LogP contribution in [-0.2, 0) is 0 Å². The van der Waals surface area contributed by atoms with Gasteiger partial charge in [0.2, 0.25) is 5.13 Å². The van der Waals surface area contributed by atoms with Crippen molar-refractivity contribution in [1.29, 1.82) is 0 Å². The summed E-state index contributed by atoms with van der Waals surface area (Å²) in [6.45, 7) is 2.94. The monoisotopic (exact) mass is 271 g/mol. The lowest BCUT2D eigenvalue weighted by atomic mass is 10.2. The third kappa shape index (κ3) is 2.92. The molecule has 1 aromatic heterocycles. The maximum absolute atomic E-state index is 13.0. The van der Waals surface area contributed by atoms with Crippen LogP contribution in [0.1, 0.15) is 13.3 Å². The molecule has 0 saturated carbocycles. The van der Waals surface area contributed by atoms with E-state index in [0.29, 0.717) is 5.82 Å². The summed E-state index contributed by atoms with van der Waals surface area (Å²) in [6.07, 6.45) is 1.03. The Hall–Kier alpha value is -1.20. The minimum Gasteiger partial charge on any atom is -0.360 e. The summed E-state index contributed by atoms with van der Waals surface area (Å²) < 4.78 is 17.2. The van der Waals surface area contributed by atoms with Gasteiger partial charge in [0, 0.05) is 23.6 Å². The largest absolute Gasteiger partial charge is 0.360 e. The van der Waals surface area contributed by atoms with E-state index in [0.717, 1.165) is 23.7 Å². The van der Waals surface area contributed by atoms with Crippen molar-refractivity contribution in [3.63, 3.8) is 0 Å². The maximum Gasteiger partial charge on any atom is 0.202 e. The second kappa shape index (κ2) is 5.42. The molecule has 90 valence electrons.